The fraction of sp³-hybridized carbons (Fsp3) is 0.0455. The number of nitriles is 1. The van der Waals surface area contributed by atoms with Crippen molar-refractivity contribution in [1.82, 2.24) is 0 Å². The first-order valence-corrected chi connectivity index (χ1v) is 8.92. The first-order valence-electron chi connectivity index (χ1n) is 8.55. The zero-order valence-electron chi connectivity index (χ0n) is 15.1. The maximum Gasteiger partial charge on any atom is 0.338 e. The van der Waals surface area contributed by atoms with Crippen molar-refractivity contribution in [3.63, 3.8) is 0 Å². The van der Waals surface area contributed by atoms with Crippen molar-refractivity contribution < 1.29 is 19.1 Å². The molecule has 1 N–H and O–H groups in total. The van der Waals surface area contributed by atoms with E-state index in [-0.39, 0.29) is 16.8 Å². The third-order valence-electron chi connectivity index (χ3n) is 3.76. The van der Waals surface area contributed by atoms with E-state index < -0.39 is 18.5 Å². The normalized spacial score (nSPS) is 9.93. The van der Waals surface area contributed by atoms with Gasteiger partial charge in [-0.05, 0) is 48.5 Å². The van der Waals surface area contributed by atoms with Crippen molar-refractivity contribution in [3.05, 3.63) is 88.9 Å². The van der Waals surface area contributed by atoms with Gasteiger partial charge in [0.2, 0.25) is 0 Å². The Bertz CT molecular complexity index is 1080. The number of rotatable bonds is 6. The van der Waals surface area contributed by atoms with Crippen molar-refractivity contribution in [2.45, 2.75) is 0 Å². The quantitative estimate of drug-likeness (QED) is 0.594. The summed E-state index contributed by atoms with van der Waals surface area (Å²) in [6, 6.07) is 22.0. The molecule has 0 saturated heterocycles. The number of halogens is 1. The van der Waals surface area contributed by atoms with Crippen LogP contribution in [0.5, 0.6) is 11.5 Å². The highest BCUT2D eigenvalue weighted by Crippen LogP contribution is 2.22. The van der Waals surface area contributed by atoms with Crippen LogP contribution in [0.15, 0.2) is 72.8 Å². The van der Waals surface area contributed by atoms with Gasteiger partial charge in [-0.15, -0.1) is 0 Å². The van der Waals surface area contributed by atoms with Gasteiger partial charge in [-0.25, -0.2) is 4.79 Å². The molecule has 3 rings (SSSR count). The minimum Gasteiger partial charge on any atom is -0.457 e. The number of hydrogen-bond acceptors (Lipinski definition) is 5. The fourth-order valence-corrected chi connectivity index (χ4v) is 2.60. The molecule has 7 heteroatoms. The van der Waals surface area contributed by atoms with E-state index in [1.807, 2.05) is 24.3 Å². The summed E-state index contributed by atoms with van der Waals surface area (Å²) < 4.78 is 10.7. The van der Waals surface area contributed by atoms with Crippen LogP contribution in [0.25, 0.3) is 0 Å². The largest absolute Gasteiger partial charge is 0.457 e. The molecule has 3 aromatic carbocycles. The van der Waals surface area contributed by atoms with Crippen LogP contribution in [0.1, 0.15) is 15.9 Å². The number of carbonyl (C=O) groups excluding carboxylic acids is 2. The third kappa shape index (κ3) is 5.58. The second kappa shape index (κ2) is 9.40. The van der Waals surface area contributed by atoms with Crippen LogP contribution in [-0.4, -0.2) is 18.5 Å². The summed E-state index contributed by atoms with van der Waals surface area (Å²) in [5.41, 5.74) is 0.742. The number of carbonyl (C=O) groups is 2. The molecule has 1 amide bonds. The fourth-order valence-electron chi connectivity index (χ4n) is 2.43. The van der Waals surface area contributed by atoms with Gasteiger partial charge < -0.3 is 14.8 Å². The second-order valence-electron chi connectivity index (χ2n) is 5.87. The Kier molecular flexibility index (Phi) is 6.46. The van der Waals surface area contributed by atoms with Crippen molar-refractivity contribution >= 4 is 29.2 Å². The summed E-state index contributed by atoms with van der Waals surface area (Å²) in [5, 5.41) is 12.0. The smallest absolute Gasteiger partial charge is 0.338 e. The van der Waals surface area contributed by atoms with E-state index in [2.05, 4.69) is 5.32 Å². The molecule has 0 fully saturated rings. The molecule has 144 valence electrons. The van der Waals surface area contributed by atoms with E-state index >= 15 is 0 Å². The van der Waals surface area contributed by atoms with E-state index in [9.17, 15) is 9.59 Å². The molecule has 0 radical (unpaired) electrons. The molecule has 0 atom stereocenters. The molecule has 6 nitrogen and oxygen atoms in total. The minimum absolute atomic E-state index is 0.242. The summed E-state index contributed by atoms with van der Waals surface area (Å²) >= 11 is 5.88. The maximum absolute atomic E-state index is 12.3. The zero-order chi connectivity index (χ0) is 20.6. The summed E-state index contributed by atoms with van der Waals surface area (Å²) in [5.74, 6) is -0.168. The zero-order valence-corrected chi connectivity index (χ0v) is 15.8. The SMILES string of the molecule is N#Cc1ccc(Cl)cc1NC(=O)COC(=O)c1cccc(Oc2ccccc2)c1. The lowest BCUT2D eigenvalue weighted by atomic mass is 10.2. The van der Waals surface area contributed by atoms with Gasteiger partial charge >= 0.3 is 5.97 Å². The molecular formula is C22H15ClN2O4. The number of nitrogens with one attached hydrogen (secondary N) is 1. The van der Waals surface area contributed by atoms with Crippen LogP contribution in [0.4, 0.5) is 5.69 Å². The highest BCUT2D eigenvalue weighted by Gasteiger charge is 2.13. The van der Waals surface area contributed by atoms with Gasteiger partial charge in [0.25, 0.3) is 5.91 Å². The Morgan fingerprint density at radius 1 is 0.966 bits per heavy atom. The van der Waals surface area contributed by atoms with E-state index in [0.717, 1.165) is 0 Å². The Hall–Kier alpha value is -3.82. The maximum atomic E-state index is 12.3. The molecule has 0 bridgehead atoms. The lowest BCUT2D eigenvalue weighted by Crippen LogP contribution is -2.21. The molecular weight excluding hydrogens is 392 g/mol. The average molecular weight is 407 g/mol. The van der Waals surface area contributed by atoms with Crippen LogP contribution in [-0.2, 0) is 9.53 Å². The van der Waals surface area contributed by atoms with Crippen molar-refractivity contribution in [3.8, 4) is 17.6 Å². The number of nitrogens with zero attached hydrogens (tertiary/aromatic N) is 1. The molecule has 0 unspecified atom stereocenters. The van der Waals surface area contributed by atoms with Gasteiger partial charge in [-0.1, -0.05) is 35.9 Å². The standard InChI is InChI=1S/C22H15ClN2O4/c23-17-10-9-16(13-24)20(12-17)25-21(26)14-28-22(27)15-5-4-8-19(11-15)29-18-6-2-1-3-7-18/h1-12H,14H2,(H,25,26). The van der Waals surface area contributed by atoms with Crippen LogP contribution in [0.2, 0.25) is 5.02 Å². The van der Waals surface area contributed by atoms with E-state index in [0.29, 0.717) is 16.5 Å². The van der Waals surface area contributed by atoms with Crippen LogP contribution in [0, 0.1) is 11.3 Å². The minimum atomic E-state index is -0.676. The van der Waals surface area contributed by atoms with Crippen LogP contribution >= 0.6 is 11.6 Å². The molecule has 0 saturated carbocycles. The molecule has 29 heavy (non-hydrogen) atoms. The summed E-state index contributed by atoms with van der Waals surface area (Å²) in [6.45, 7) is -0.514. The number of hydrogen-bond donors (Lipinski definition) is 1. The van der Waals surface area contributed by atoms with Crippen molar-refractivity contribution in [2.24, 2.45) is 0 Å². The lowest BCUT2D eigenvalue weighted by molar-refractivity contribution is -0.119. The third-order valence-corrected chi connectivity index (χ3v) is 3.99. The van der Waals surface area contributed by atoms with Crippen LogP contribution in [0.3, 0.4) is 0 Å². The molecule has 3 aromatic rings. The average Bonchev–Trinajstić information content (AvgIpc) is 2.73. The van der Waals surface area contributed by atoms with Gasteiger partial charge in [0.1, 0.15) is 17.6 Å². The highest BCUT2D eigenvalue weighted by atomic mass is 35.5. The number of para-hydroxylation sites is 1. The predicted molar refractivity (Wildman–Crippen MR) is 108 cm³/mol. The van der Waals surface area contributed by atoms with Gasteiger partial charge in [-0.3, -0.25) is 4.79 Å². The molecule has 0 aromatic heterocycles. The summed E-state index contributed by atoms with van der Waals surface area (Å²) in [6.07, 6.45) is 0. The highest BCUT2D eigenvalue weighted by molar-refractivity contribution is 6.31. The number of amides is 1. The topological polar surface area (TPSA) is 88.4 Å². The monoisotopic (exact) mass is 406 g/mol. The van der Waals surface area contributed by atoms with Crippen molar-refractivity contribution in [2.75, 3.05) is 11.9 Å². The van der Waals surface area contributed by atoms with Gasteiger partial charge in [-0.2, -0.15) is 5.26 Å². The number of esters is 1. The number of ether oxygens (including phenoxy) is 2. The lowest BCUT2D eigenvalue weighted by Gasteiger charge is -2.09. The van der Waals surface area contributed by atoms with Crippen LogP contribution < -0.4 is 10.1 Å². The van der Waals surface area contributed by atoms with Gasteiger partial charge in [0.05, 0.1) is 16.8 Å². The predicted octanol–water partition coefficient (Wildman–Crippen LogP) is 4.80. The van der Waals surface area contributed by atoms with E-state index in [1.165, 1.54) is 18.2 Å². The first-order chi connectivity index (χ1) is 14.0. The van der Waals surface area contributed by atoms with E-state index in [1.54, 1.807) is 36.4 Å². The molecule has 0 heterocycles. The first kappa shape index (κ1) is 19.9. The second-order valence-corrected chi connectivity index (χ2v) is 6.31. The number of benzene rings is 3. The van der Waals surface area contributed by atoms with Gasteiger partial charge in [0.15, 0.2) is 6.61 Å². The van der Waals surface area contributed by atoms with E-state index in [4.69, 9.17) is 26.3 Å². The van der Waals surface area contributed by atoms with Gasteiger partial charge in [0, 0.05) is 5.02 Å². The Morgan fingerprint density at radius 3 is 2.48 bits per heavy atom. The summed E-state index contributed by atoms with van der Waals surface area (Å²) in [7, 11) is 0. The molecule has 0 aliphatic carbocycles. The Morgan fingerprint density at radius 2 is 1.72 bits per heavy atom. The molecule has 0 spiro atoms. The van der Waals surface area contributed by atoms with Crippen molar-refractivity contribution in [1.29, 1.82) is 5.26 Å². The molecule has 0 aliphatic heterocycles. The summed E-state index contributed by atoms with van der Waals surface area (Å²) in [4.78, 5) is 24.3. The Balaban J connectivity index is 1.59. The number of anilines is 1. The Labute approximate surface area is 172 Å². The molecule has 0 aliphatic rings.